The first kappa shape index (κ1) is 22.5. The molecule has 33 heavy (non-hydrogen) atoms. The molecule has 0 spiro atoms. The Labute approximate surface area is 202 Å². The van der Waals surface area contributed by atoms with Gasteiger partial charge in [0.05, 0.1) is 11.8 Å². The molecule has 0 aliphatic heterocycles. The molecule has 0 saturated heterocycles. The molecular formula is C26H20ClN3O2S. The maximum Gasteiger partial charge on any atom is 0.343 e. The van der Waals surface area contributed by atoms with E-state index in [2.05, 4.69) is 15.8 Å². The van der Waals surface area contributed by atoms with E-state index >= 15 is 0 Å². The zero-order valence-corrected chi connectivity index (χ0v) is 19.3. The van der Waals surface area contributed by atoms with Gasteiger partial charge in [-0.15, -0.1) is 0 Å². The topological polar surface area (TPSA) is 62.7 Å². The molecule has 0 amide bonds. The summed E-state index contributed by atoms with van der Waals surface area (Å²) < 4.78 is 5.72. The maximum absolute atomic E-state index is 12.7. The molecule has 7 heteroatoms. The summed E-state index contributed by atoms with van der Waals surface area (Å²) in [7, 11) is 0. The number of esters is 1. The number of rotatable bonds is 5. The third-order valence-electron chi connectivity index (χ3n) is 4.86. The molecule has 4 aromatic carbocycles. The van der Waals surface area contributed by atoms with Gasteiger partial charge in [-0.05, 0) is 66.3 Å². The van der Waals surface area contributed by atoms with Gasteiger partial charge in [-0.2, -0.15) is 5.10 Å². The Kier molecular flexibility index (Phi) is 6.98. The number of carbonyl (C=O) groups is 1. The summed E-state index contributed by atoms with van der Waals surface area (Å²) in [6.45, 7) is 1.96. The van der Waals surface area contributed by atoms with Crippen LogP contribution in [0.2, 0.25) is 5.02 Å². The van der Waals surface area contributed by atoms with Crippen molar-refractivity contribution < 1.29 is 9.53 Å². The normalized spacial score (nSPS) is 10.8. The van der Waals surface area contributed by atoms with Crippen molar-refractivity contribution in [1.82, 2.24) is 5.43 Å². The predicted molar refractivity (Wildman–Crippen MR) is 138 cm³/mol. The fourth-order valence-electron chi connectivity index (χ4n) is 3.23. The van der Waals surface area contributed by atoms with Crippen molar-refractivity contribution in [3.05, 3.63) is 107 Å². The monoisotopic (exact) mass is 473 g/mol. The van der Waals surface area contributed by atoms with Crippen molar-refractivity contribution in [3.63, 3.8) is 0 Å². The van der Waals surface area contributed by atoms with Crippen molar-refractivity contribution in [1.29, 1.82) is 0 Å². The summed E-state index contributed by atoms with van der Waals surface area (Å²) in [4.78, 5) is 12.7. The van der Waals surface area contributed by atoms with Gasteiger partial charge in [0.15, 0.2) is 5.11 Å². The number of halogens is 1. The quantitative estimate of drug-likeness (QED) is 0.116. The molecule has 0 saturated carbocycles. The van der Waals surface area contributed by atoms with Crippen LogP contribution in [0.25, 0.3) is 10.8 Å². The largest absolute Gasteiger partial charge is 0.422 e. The molecule has 2 N–H and O–H groups in total. The molecule has 0 atom stereocenters. The van der Waals surface area contributed by atoms with Crippen molar-refractivity contribution in [3.8, 4) is 5.75 Å². The first-order valence-corrected chi connectivity index (χ1v) is 10.9. The van der Waals surface area contributed by atoms with Crippen LogP contribution in [0.4, 0.5) is 5.69 Å². The van der Waals surface area contributed by atoms with E-state index < -0.39 is 5.97 Å². The van der Waals surface area contributed by atoms with Gasteiger partial charge in [-0.25, -0.2) is 4.79 Å². The summed E-state index contributed by atoms with van der Waals surface area (Å²) in [5.41, 5.74) is 5.73. The minimum absolute atomic E-state index is 0.298. The lowest BCUT2D eigenvalue weighted by Gasteiger charge is -2.11. The van der Waals surface area contributed by atoms with Gasteiger partial charge in [0.2, 0.25) is 0 Å². The minimum Gasteiger partial charge on any atom is -0.422 e. The number of ether oxygens (including phenoxy) is 1. The smallest absolute Gasteiger partial charge is 0.343 e. The Morgan fingerprint density at radius 1 is 1.00 bits per heavy atom. The van der Waals surface area contributed by atoms with E-state index in [4.69, 9.17) is 28.6 Å². The van der Waals surface area contributed by atoms with E-state index in [1.165, 1.54) is 0 Å². The van der Waals surface area contributed by atoms with Crippen LogP contribution in [0.5, 0.6) is 5.75 Å². The van der Waals surface area contributed by atoms with Crippen LogP contribution in [0.15, 0.2) is 90.0 Å². The summed E-state index contributed by atoms with van der Waals surface area (Å²) in [5, 5.41) is 10.1. The van der Waals surface area contributed by atoms with Crippen LogP contribution in [0.1, 0.15) is 21.5 Å². The second-order valence-electron chi connectivity index (χ2n) is 7.29. The first-order chi connectivity index (χ1) is 16.0. The number of aryl methyl sites for hydroxylation is 1. The zero-order valence-electron chi connectivity index (χ0n) is 17.7. The Bertz CT molecular complexity index is 1350. The van der Waals surface area contributed by atoms with Crippen LogP contribution in [0, 0.1) is 6.92 Å². The van der Waals surface area contributed by atoms with Gasteiger partial charge < -0.3 is 10.1 Å². The minimum atomic E-state index is -0.439. The summed E-state index contributed by atoms with van der Waals surface area (Å²) in [5.74, 6) is -0.0374. The Morgan fingerprint density at radius 3 is 2.58 bits per heavy atom. The number of nitrogens with zero attached hydrogens (tertiary/aromatic N) is 1. The number of hydrazone groups is 1. The van der Waals surface area contributed by atoms with Gasteiger partial charge in [0, 0.05) is 16.3 Å². The number of carbonyl (C=O) groups excluding carboxylic acids is 1. The molecule has 5 nitrogen and oxygen atoms in total. The van der Waals surface area contributed by atoms with E-state index in [-0.39, 0.29) is 0 Å². The number of thiocarbonyl (C=S) groups is 1. The van der Waals surface area contributed by atoms with E-state index in [1.54, 1.807) is 36.5 Å². The molecule has 0 bridgehead atoms. The highest BCUT2D eigenvalue weighted by molar-refractivity contribution is 7.80. The molecule has 0 aromatic heterocycles. The average Bonchev–Trinajstić information content (AvgIpc) is 2.80. The highest BCUT2D eigenvalue weighted by Gasteiger charge is 2.13. The van der Waals surface area contributed by atoms with Crippen LogP contribution in [0.3, 0.4) is 0 Å². The van der Waals surface area contributed by atoms with Crippen LogP contribution >= 0.6 is 23.8 Å². The van der Waals surface area contributed by atoms with Crippen molar-refractivity contribution in [2.24, 2.45) is 5.10 Å². The third kappa shape index (κ3) is 5.74. The molecular weight excluding hydrogens is 454 g/mol. The lowest BCUT2D eigenvalue weighted by atomic mass is 10.0. The lowest BCUT2D eigenvalue weighted by Crippen LogP contribution is -2.23. The van der Waals surface area contributed by atoms with Crippen LogP contribution in [-0.4, -0.2) is 17.3 Å². The van der Waals surface area contributed by atoms with E-state index in [1.807, 2.05) is 61.5 Å². The van der Waals surface area contributed by atoms with E-state index in [9.17, 15) is 4.79 Å². The number of fused-ring (bicyclic) bond motifs is 1. The fraction of sp³-hybridized carbons (Fsp3) is 0.0385. The standard InChI is InChI=1S/C26H20ClN3O2S/c1-17-9-11-19(12-10-17)25(31)32-24-14-13-18-5-2-3-8-22(18)23(24)16-28-30-26(33)29-21-7-4-6-20(27)15-21/h2-16H,1H3,(H2,29,30,33). The predicted octanol–water partition coefficient (Wildman–Crippen LogP) is 6.34. The molecule has 0 aliphatic carbocycles. The number of nitrogens with one attached hydrogen (secondary N) is 2. The second-order valence-corrected chi connectivity index (χ2v) is 8.13. The number of anilines is 1. The fourth-order valence-corrected chi connectivity index (χ4v) is 3.59. The number of hydrogen-bond donors (Lipinski definition) is 2. The summed E-state index contributed by atoms with van der Waals surface area (Å²) >= 11 is 11.3. The van der Waals surface area contributed by atoms with Crippen molar-refractivity contribution >= 4 is 57.6 Å². The van der Waals surface area contributed by atoms with E-state index in [0.29, 0.717) is 27.0 Å². The second kappa shape index (κ2) is 10.3. The molecule has 0 unspecified atom stereocenters. The zero-order chi connectivity index (χ0) is 23.2. The SMILES string of the molecule is Cc1ccc(C(=O)Oc2ccc3ccccc3c2C=NNC(=S)Nc2cccc(Cl)c2)cc1. The Hall–Kier alpha value is -3.74. The highest BCUT2D eigenvalue weighted by Crippen LogP contribution is 2.27. The summed E-state index contributed by atoms with van der Waals surface area (Å²) in [6, 6.07) is 25.9. The van der Waals surface area contributed by atoms with Gasteiger partial charge in [0.25, 0.3) is 0 Å². The van der Waals surface area contributed by atoms with Gasteiger partial charge in [0.1, 0.15) is 5.75 Å². The van der Waals surface area contributed by atoms with Gasteiger partial charge >= 0.3 is 5.97 Å². The van der Waals surface area contributed by atoms with Gasteiger partial charge in [-0.1, -0.05) is 65.7 Å². The number of hydrogen-bond acceptors (Lipinski definition) is 4. The Balaban J connectivity index is 1.56. The van der Waals surface area contributed by atoms with Crippen molar-refractivity contribution in [2.45, 2.75) is 6.92 Å². The molecule has 0 radical (unpaired) electrons. The van der Waals surface area contributed by atoms with Gasteiger partial charge in [-0.3, -0.25) is 5.43 Å². The van der Waals surface area contributed by atoms with Crippen molar-refractivity contribution in [2.75, 3.05) is 5.32 Å². The average molecular weight is 474 g/mol. The van der Waals surface area contributed by atoms with E-state index in [0.717, 1.165) is 22.0 Å². The number of benzene rings is 4. The lowest BCUT2D eigenvalue weighted by molar-refractivity contribution is 0.0734. The molecule has 0 aliphatic rings. The molecule has 4 rings (SSSR count). The first-order valence-electron chi connectivity index (χ1n) is 10.2. The molecule has 0 heterocycles. The summed E-state index contributed by atoms with van der Waals surface area (Å²) in [6.07, 6.45) is 1.59. The molecule has 164 valence electrons. The third-order valence-corrected chi connectivity index (χ3v) is 5.29. The van der Waals surface area contributed by atoms with Crippen LogP contribution in [-0.2, 0) is 0 Å². The molecule has 0 fully saturated rings. The maximum atomic E-state index is 12.7. The highest BCUT2D eigenvalue weighted by atomic mass is 35.5. The van der Waals surface area contributed by atoms with Crippen LogP contribution < -0.4 is 15.5 Å². The molecule has 4 aromatic rings. The Morgan fingerprint density at radius 2 is 1.79 bits per heavy atom.